The Morgan fingerprint density at radius 3 is 2.87 bits per heavy atom. The van der Waals surface area contributed by atoms with Crippen LogP contribution >= 0.6 is 0 Å². The van der Waals surface area contributed by atoms with Crippen LogP contribution in [-0.2, 0) is 10.8 Å². The summed E-state index contributed by atoms with van der Waals surface area (Å²) in [6.45, 7) is 4.85. The summed E-state index contributed by atoms with van der Waals surface area (Å²) in [4.78, 5) is 0. The Hall–Kier alpha value is -1.06. The smallest absolute Gasteiger partial charge is 0.246 e. The van der Waals surface area contributed by atoms with Crippen LogP contribution in [0.4, 0.5) is 0 Å². The second kappa shape index (κ2) is 7.26. The molecule has 2 rings (SSSR count). The van der Waals surface area contributed by atoms with Crippen molar-refractivity contribution in [1.82, 2.24) is 0 Å². The minimum absolute atomic E-state index is 0.566. The maximum absolute atomic E-state index is 5.42. The maximum atomic E-state index is 5.42. The van der Waals surface area contributed by atoms with Crippen LogP contribution in [0.2, 0.25) is 0 Å². The minimum Gasteiger partial charge on any atom is -0.493 e. The number of benzene rings is 1. The van der Waals surface area contributed by atoms with Gasteiger partial charge in [0.25, 0.3) is 0 Å². The first-order valence-electron chi connectivity index (χ1n) is 4.98. The van der Waals surface area contributed by atoms with E-state index in [1.165, 1.54) is 12.0 Å². The molecule has 2 nitrogen and oxygen atoms in total. The molecule has 0 unspecified atom stereocenters. The number of fused-ring (bicyclic) bond motifs is 1. The lowest BCUT2D eigenvalue weighted by Gasteiger charge is -2.15. The average molecular weight is 219 g/mol. The summed E-state index contributed by atoms with van der Waals surface area (Å²) >= 11 is 0. The molecular formula is C12H15O2Si. The summed E-state index contributed by atoms with van der Waals surface area (Å²) in [5.41, 5.74) is 1.36. The van der Waals surface area contributed by atoms with Crippen molar-refractivity contribution in [3.8, 4) is 5.75 Å². The van der Waals surface area contributed by atoms with Crippen molar-refractivity contribution < 1.29 is 9.16 Å². The Kier molecular flexibility index (Phi) is 5.81. The largest absolute Gasteiger partial charge is 0.493 e. The molecule has 0 N–H and O–H groups in total. The van der Waals surface area contributed by atoms with Gasteiger partial charge in [-0.25, -0.2) is 0 Å². The van der Waals surface area contributed by atoms with E-state index in [-0.39, 0.29) is 0 Å². The molecule has 15 heavy (non-hydrogen) atoms. The summed E-state index contributed by atoms with van der Waals surface area (Å²) in [6, 6.07) is 8.25. The highest BCUT2D eigenvalue weighted by atomic mass is 28.2. The first-order valence-corrected chi connectivity index (χ1v) is 5.39. The van der Waals surface area contributed by atoms with Gasteiger partial charge in [-0.05, 0) is 24.5 Å². The van der Waals surface area contributed by atoms with Gasteiger partial charge in [0.1, 0.15) is 5.75 Å². The van der Waals surface area contributed by atoms with Gasteiger partial charge in [-0.15, -0.1) is 6.58 Å². The Labute approximate surface area is 94.5 Å². The standard InChI is InChI=1S/C9H10O.C3H5OSi/c1-2-6-9-8(4-1)5-3-7-10-9;1-2-3-4-5/h1-2,4,6H,3,5,7H2;2H,1,3H2. The first-order chi connectivity index (χ1) is 7.38. The van der Waals surface area contributed by atoms with Gasteiger partial charge < -0.3 is 9.16 Å². The fraction of sp³-hybridized carbons (Fsp3) is 0.333. The van der Waals surface area contributed by atoms with E-state index in [0.717, 1.165) is 18.8 Å². The Balaban J connectivity index is 0.000000195. The predicted octanol–water partition coefficient (Wildman–Crippen LogP) is 2.28. The summed E-state index contributed by atoms with van der Waals surface area (Å²) in [5.74, 6) is 1.08. The summed E-state index contributed by atoms with van der Waals surface area (Å²) in [6.07, 6.45) is 4.00. The molecule has 0 aromatic heterocycles. The fourth-order valence-electron chi connectivity index (χ4n) is 1.35. The molecule has 0 saturated heterocycles. The monoisotopic (exact) mass is 219 g/mol. The predicted molar refractivity (Wildman–Crippen MR) is 62.2 cm³/mol. The zero-order chi connectivity index (χ0) is 10.9. The topological polar surface area (TPSA) is 18.5 Å². The molecule has 0 bridgehead atoms. The van der Waals surface area contributed by atoms with E-state index in [2.05, 4.69) is 33.6 Å². The van der Waals surface area contributed by atoms with Gasteiger partial charge in [-0.2, -0.15) is 0 Å². The molecule has 1 aromatic carbocycles. The maximum Gasteiger partial charge on any atom is 0.246 e. The molecule has 3 radical (unpaired) electrons. The van der Waals surface area contributed by atoms with Crippen LogP contribution in [0.1, 0.15) is 12.0 Å². The van der Waals surface area contributed by atoms with Crippen molar-refractivity contribution in [3.05, 3.63) is 42.5 Å². The molecule has 0 aliphatic carbocycles. The number of hydrogen-bond donors (Lipinski definition) is 0. The van der Waals surface area contributed by atoms with E-state index >= 15 is 0 Å². The van der Waals surface area contributed by atoms with E-state index in [9.17, 15) is 0 Å². The third-order valence-corrected chi connectivity index (χ3v) is 2.19. The van der Waals surface area contributed by atoms with Crippen LogP contribution in [0.5, 0.6) is 5.75 Å². The number of rotatable bonds is 2. The molecule has 0 saturated carbocycles. The average Bonchev–Trinajstić information content (AvgIpc) is 2.31. The van der Waals surface area contributed by atoms with E-state index in [0.29, 0.717) is 6.61 Å². The Morgan fingerprint density at radius 1 is 1.47 bits per heavy atom. The zero-order valence-corrected chi connectivity index (χ0v) is 9.74. The van der Waals surface area contributed by atoms with E-state index in [1.54, 1.807) is 6.08 Å². The Morgan fingerprint density at radius 2 is 2.27 bits per heavy atom. The third kappa shape index (κ3) is 4.32. The third-order valence-electron chi connectivity index (χ3n) is 2.02. The lowest BCUT2D eigenvalue weighted by atomic mass is 10.1. The van der Waals surface area contributed by atoms with Crippen LogP contribution in [0.25, 0.3) is 0 Å². The molecule has 79 valence electrons. The van der Waals surface area contributed by atoms with Crippen molar-refractivity contribution in [2.45, 2.75) is 12.8 Å². The van der Waals surface area contributed by atoms with Gasteiger partial charge in [-0.3, -0.25) is 0 Å². The molecule has 1 heterocycles. The van der Waals surface area contributed by atoms with E-state index < -0.39 is 0 Å². The van der Waals surface area contributed by atoms with Crippen LogP contribution in [0.15, 0.2) is 36.9 Å². The fourth-order valence-corrected chi connectivity index (χ4v) is 1.47. The SMILES string of the molecule is C=CCO[Si].c1ccc2c(c1)CCCO2. The summed E-state index contributed by atoms with van der Waals surface area (Å²) in [7, 11) is 2.78. The van der Waals surface area contributed by atoms with Gasteiger partial charge in [0.2, 0.25) is 10.5 Å². The van der Waals surface area contributed by atoms with Crippen LogP contribution < -0.4 is 4.74 Å². The van der Waals surface area contributed by atoms with Crippen molar-refractivity contribution >= 4 is 10.5 Å². The lowest BCUT2D eigenvalue weighted by Crippen LogP contribution is -2.07. The summed E-state index contributed by atoms with van der Waals surface area (Å²) < 4.78 is 9.80. The Bertz CT molecular complexity index is 274. The minimum atomic E-state index is 0.566. The molecule has 3 heteroatoms. The van der Waals surface area contributed by atoms with Gasteiger partial charge >= 0.3 is 0 Å². The van der Waals surface area contributed by atoms with Crippen molar-refractivity contribution in [3.63, 3.8) is 0 Å². The molecule has 0 fully saturated rings. The van der Waals surface area contributed by atoms with Crippen molar-refractivity contribution in [1.29, 1.82) is 0 Å². The lowest BCUT2D eigenvalue weighted by molar-refractivity contribution is 0.288. The number of hydrogen-bond acceptors (Lipinski definition) is 2. The van der Waals surface area contributed by atoms with Crippen molar-refractivity contribution in [2.24, 2.45) is 0 Å². The second-order valence-electron chi connectivity index (χ2n) is 3.16. The highest BCUT2D eigenvalue weighted by Crippen LogP contribution is 2.22. The van der Waals surface area contributed by atoms with Gasteiger partial charge in [-0.1, -0.05) is 24.3 Å². The molecule has 0 atom stereocenters. The molecule has 0 spiro atoms. The first kappa shape index (κ1) is 12.0. The van der Waals surface area contributed by atoms with Gasteiger partial charge in [0.05, 0.1) is 13.2 Å². The summed E-state index contributed by atoms with van der Waals surface area (Å²) in [5, 5.41) is 0. The zero-order valence-electron chi connectivity index (χ0n) is 8.74. The number of para-hydroxylation sites is 1. The highest BCUT2D eigenvalue weighted by Gasteiger charge is 2.06. The van der Waals surface area contributed by atoms with Crippen molar-refractivity contribution in [2.75, 3.05) is 13.2 Å². The molecule has 1 aromatic rings. The number of ether oxygens (including phenoxy) is 1. The van der Waals surface area contributed by atoms with Gasteiger partial charge in [0, 0.05) is 0 Å². The molecule has 0 amide bonds. The quantitative estimate of drug-likeness (QED) is 0.561. The van der Waals surface area contributed by atoms with Gasteiger partial charge in [0.15, 0.2) is 0 Å². The van der Waals surface area contributed by atoms with Crippen LogP contribution in [0, 0.1) is 0 Å². The normalized spacial score (nSPS) is 12.9. The highest BCUT2D eigenvalue weighted by molar-refractivity contribution is 5.98. The van der Waals surface area contributed by atoms with Crippen LogP contribution in [-0.4, -0.2) is 23.7 Å². The molecule has 1 aliphatic heterocycles. The molecular weight excluding hydrogens is 204 g/mol. The number of aryl methyl sites for hydroxylation is 1. The van der Waals surface area contributed by atoms with Crippen LogP contribution in [0.3, 0.4) is 0 Å². The molecule has 1 aliphatic rings. The van der Waals surface area contributed by atoms with E-state index in [1.807, 2.05) is 12.1 Å². The second-order valence-corrected chi connectivity index (χ2v) is 3.45. The van der Waals surface area contributed by atoms with E-state index in [4.69, 9.17) is 4.74 Å².